The molecule has 2 unspecified atom stereocenters. The van der Waals surface area contributed by atoms with Crippen LogP contribution < -0.4 is 5.32 Å². The average Bonchev–Trinajstić information content (AvgIpc) is 3.08. The van der Waals surface area contributed by atoms with E-state index in [1.165, 1.54) is 19.4 Å². The lowest BCUT2D eigenvalue weighted by molar-refractivity contribution is 0.0938. The van der Waals surface area contributed by atoms with Crippen LogP contribution in [0.3, 0.4) is 0 Å². The number of hydrogen-bond acceptors (Lipinski definition) is 3. The molecule has 0 heterocycles. The first-order chi connectivity index (χ1) is 7.72. The number of nitrogens with zero attached hydrogens (tertiary/aromatic N) is 1. The molecular formula is C13H28N2O. The van der Waals surface area contributed by atoms with Gasteiger partial charge in [0, 0.05) is 25.7 Å². The third kappa shape index (κ3) is 4.40. The molecule has 16 heavy (non-hydrogen) atoms. The van der Waals surface area contributed by atoms with Crippen LogP contribution >= 0.6 is 0 Å². The first kappa shape index (κ1) is 13.9. The maximum atomic E-state index is 5.24. The zero-order chi connectivity index (χ0) is 12.0. The molecule has 2 atom stereocenters. The van der Waals surface area contributed by atoms with Crippen LogP contribution in [0.1, 0.15) is 33.6 Å². The fourth-order valence-corrected chi connectivity index (χ4v) is 2.36. The third-order valence-corrected chi connectivity index (χ3v) is 3.53. The molecule has 1 aliphatic rings. The Morgan fingerprint density at radius 1 is 1.38 bits per heavy atom. The van der Waals surface area contributed by atoms with E-state index < -0.39 is 0 Å². The smallest absolute Gasteiger partial charge is 0.0615 e. The molecule has 1 N–H and O–H groups in total. The summed E-state index contributed by atoms with van der Waals surface area (Å²) in [5.74, 6) is 0.920. The van der Waals surface area contributed by atoms with Crippen LogP contribution in [0.15, 0.2) is 0 Å². The number of nitrogens with one attached hydrogen (secondary N) is 1. The lowest BCUT2D eigenvalue weighted by Crippen LogP contribution is -2.46. The Balaban J connectivity index is 2.39. The van der Waals surface area contributed by atoms with E-state index in [-0.39, 0.29) is 0 Å². The van der Waals surface area contributed by atoms with Crippen molar-refractivity contribution in [1.29, 1.82) is 0 Å². The van der Waals surface area contributed by atoms with E-state index in [0.29, 0.717) is 12.1 Å². The van der Waals surface area contributed by atoms with Crippen molar-refractivity contribution < 1.29 is 4.74 Å². The third-order valence-electron chi connectivity index (χ3n) is 3.53. The van der Waals surface area contributed by atoms with E-state index in [2.05, 4.69) is 31.0 Å². The number of hydrogen-bond donors (Lipinski definition) is 1. The van der Waals surface area contributed by atoms with Gasteiger partial charge in [-0.15, -0.1) is 0 Å². The van der Waals surface area contributed by atoms with Crippen molar-refractivity contribution in [3.63, 3.8) is 0 Å². The van der Waals surface area contributed by atoms with Gasteiger partial charge in [0.25, 0.3) is 0 Å². The van der Waals surface area contributed by atoms with Gasteiger partial charge in [0.15, 0.2) is 0 Å². The maximum Gasteiger partial charge on any atom is 0.0615 e. The van der Waals surface area contributed by atoms with E-state index in [1.807, 2.05) is 0 Å². The number of likely N-dealkylation sites (N-methyl/N-ethyl adjacent to an activating group) is 2. The van der Waals surface area contributed by atoms with E-state index >= 15 is 0 Å². The molecule has 0 saturated heterocycles. The summed E-state index contributed by atoms with van der Waals surface area (Å²) in [5, 5.41) is 3.62. The topological polar surface area (TPSA) is 24.5 Å². The lowest BCUT2D eigenvalue weighted by atomic mass is 10.1. The number of rotatable bonds is 9. The summed E-state index contributed by atoms with van der Waals surface area (Å²) in [4.78, 5) is 2.52. The second kappa shape index (κ2) is 7.25. The van der Waals surface area contributed by atoms with Crippen LogP contribution in [0.2, 0.25) is 0 Å². The van der Waals surface area contributed by atoms with Crippen molar-refractivity contribution in [2.45, 2.75) is 45.7 Å². The average molecular weight is 228 g/mol. The molecule has 0 aromatic heterocycles. The lowest BCUT2D eigenvalue weighted by Gasteiger charge is -2.31. The highest BCUT2D eigenvalue weighted by atomic mass is 16.5. The van der Waals surface area contributed by atoms with Crippen molar-refractivity contribution >= 4 is 0 Å². The Morgan fingerprint density at radius 3 is 2.50 bits per heavy atom. The first-order valence-electron chi connectivity index (χ1n) is 6.69. The van der Waals surface area contributed by atoms with Crippen LogP contribution in [0.4, 0.5) is 0 Å². The first-order valence-corrected chi connectivity index (χ1v) is 6.69. The molecule has 1 aliphatic carbocycles. The van der Waals surface area contributed by atoms with Crippen molar-refractivity contribution in [3.8, 4) is 0 Å². The van der Waals surface area contributed by atoms with E-state index in [0.717, 1.165) is 25.6 Å². The zero-order valence-corrected chi connectivity index (χ0v) is 11.3. The summed E-state index contributed by atoms with van der Waals surface area (Å²) < 4.78 is 5.24. The Kier molecular flexibility index (Phi) is 6.32. The normalized spacial score (nSPS) is 20.1. The molecule has 1 rings (SSSR count). The largest absolute Gasteiger partial charge is 0.383 e. The molecule has 0 amide bonds. The van der Waals surface area contributed by atoms with Crippen LogP contribution in [-0.4, -0.2) is 50.3 Å². The molecule has 0 bridgehead atoms. The van der Waals surface area contributed by atoms with Gasteiger partial charge in [0.1, 0.15) is 0 Å². The molecule has 3 heteroatoms. The molecule has 0 spiro atoms. The molecular weight excluding hydrogens is 200 g/mol. The van der Waals surface area contributed by atoms with Crippen molar-refractivity contribution in [3.05, 3.63) is 0 Å². The predicted molar refractivity (Wildman–Crippen MR) is 68.8 cm³/mol. The van der Waals surface area contributed by atoms with Gasteiger partial charge in [0.05, 0.1) is 6.61 Å². The minimum absolute atomic E-state index is 0.523. The second-order valence-corrected chi connectivity index (χ2v) is 4.89. The van der Waals surface area contributed by atoms with Crippen molar-refractivity contribution in [2.75, 3.05) is 33.4 Å². The van der Waals surface area contributed by atoms with Gasteiger partial charge in [-0.2, -0.15) is 0 Å². The van der Waals surface area contributed by atoms with Crippen LogP contribution in [0, 0.1) is 5.92 Å². The Bertz CT molecular complexity index is 183. The van der Waals surface area contributed by atoms with Crippen molar-refractivity contribution in [1.82, 2.24) is 10.2 Å². The zero-order valence-electron chi connectivity index (χ0n) is 11.3. The number of methoxy groups -OCH3 is 1. The van der Waals surface area contributed by atoms with E-state index in [1.54, 1.807) is 7.11 Å². The van der Waals surface area contributed by atoms with Gasteiger partial charge in [-0.3, -0.25) is 4.90 Å². The molecule has 3 nitrogen and oxygen atoms in total. The van der Waals surface area contributed by atoms with Gasteiger partial charge in [-0.05, 0) is 38.8 Å². The summed E-state index contributed by atoms with van der Waals surface area (Å²) in [6, 6.07) is 1.21. The Morgan fingerprint density at radius 2 is 2.06 bits per heavy atom. The van der Waals surface area contributed by atoms with Gasteiger partial charge in [0.2, 0.25) is 0 Å². The van der Waals surface area contributed by atoms with E-state index in [9.17, 15) is 0 Å². The molecule has 1 saturated carbocycles. The number of ether oxygens (including phenoxy) is 1. The Labute approximate surface area is 101 Å². The van der Waals surface area contributed by atoms with Gasteiger partial charge >= 0.3 is 0 Å². The summed E-state index contributed by atoms with van der Waals surface area (Å²) in [5.41, 5.74) is 0. The predicted octanol–water partition coefficient (Wildman–Crippen LogP) is 1.73. The van der Waals surface area contributed by atoms with Crippen molar-refractivity contribution in [2.24, 2.45) is 5.92 Å². The molecule has 0 aliphatic heterocycles. The molecule has 0 aromatic rings. The van der Waals surface area contributed by atoms with Crippen LogP contribution in [0.25, 0.3) is 0 Å². The molecule has 96 valence electrons. The monoisotopic (exact) mass is 228 g/mol. The van der Waals surface area contributed by atoms with Crippen LogP contribution in [0.5, 0.6) is 0 Å². The standard InChI is InChI=1S/C13H28N2O/c1-5-14-13(12-7-8-12)9-15(6-2)11(3)10-16-4/h11-14H,5-10H2,1-4H3. The highest BCUT2D eigenvalue weighted by molar-refractivity contribution is 4.88. The minimum Gasteiger partial charge on any atom is -0.383 e. The molecule has 0 aromatic carbocycles. The maximum absolute atomic E-state index is 5.24. The summed E-state index contributed by atoms with van der Waals surface area (Å²) in [7, 11) is 1.78. The fraction of sp³-hybridized carbons (Fsp3) is 1.00. The van der Waals surface area contributed by atoms with Crippen LogP contribution in [-0.2, 0) is 4.74 Å². The fourth-order valence-electron chi connectivity index (χ4n) is 2.36. The summed E-state index contributed by atoms with van der Waals surface area (Å²) >= 11 is 0. The highest BCUT2D eigenvalue weighted by Gasteiger charge is 2.32. The minimum atomic E-state index is 0.523. The SMILES string of the molecule is CCNC(CN(CC)C(C)COC)C1CC1. The molecule has 1 fully saturated rings. The quantitative estimate of drug-likeness (QED) is 0.650. The summed E-state index contributed by atoms with van der Waals surface area (Å²) in [6.45, 7) is 10.9. The van der Waals surface area contributed by atoms with E-state index in [4.69, 9.17) is 4.74 Å². The van der Waals surface area contributed by atoms with Gasteiger partial charge in [-0.25, -0.2) is 0 Å². The molecule has 0 radical (unpaired) electrons. The summed E-state index contributed by atoms with van der Waals surface area (Å²) in [6.07, 6.45) is 2.82. The Hall–Kier alpha value is -0.120. The van der Waals surface area contributed by atoms with Gasteiger partial charge < -0.3 is 10.1 Å². The van der Waals surface area contributed by atoms with Gasteiger partial charge in [-0.1, -0.05) is 13.8 Å². The second-order valence-electron chi connectivity index (χ2n) is 4.89. The highest BCUT2D eigenvalue weighted by Crippen LogP contribution is 2.33.